The number of aryl methyl sites for hydroxylation is 2. The van der Waals surface area contributed by atoms with E-state index in [4.69, 9.17) is 18.3 Å². The highest BCUT2D eigenvalue weighted by molar-refractivity contribution is 6.74. The van der Waals surface area contributed by atoms with Crippen molar-refractivity contribution in [3.05, 3.63) is 156 Å². The number of rotatable bonds is 16. The number of fused-ring (bicyclic) bond motifs is 2. The summed E-state index contributed by atoms with van der Waals surface area (Å²) in [6.07, 6.45) is 17.3. The van der Waals surface area contributed by atoms with Gasteiger partial charge in [0, 0.05) is 72.0 Å². The fraction of sp³-hybridized carbons (Fsp3) is 0.543. The van der Waals surface area contributed by atoms with Crippen molar-refractivity contribution >= 4 is 52.0 Å². The zero-order valence-electron chi connectivity index (χ0n) is 56.1. The fourth-order valence-corrected chi connectivity index (χ4v) is 14.8. The highest BCUT2D eigenvalue weighted by Crippen LogP contribution is 2.47. The van der Waals surface area contributed by atoms with Crippen LogP contribution in [0.2, 0.25) is 36.3 Å². The van der Waals surface area contributed by atoms with Crippen LogP contribution in [0.15, 0.2) is 122 Å². The van der Waals surface area contributed by atoms with Gasteiger partial charge in [-0.25, -0.2) is 9.59 Å². The minimum atomic E-state index is -2.22. The molecule has 0 radical (unpaired) electrons. The first kappa shape index (κ1) is 67.4. The van der Waals surface area contributed by atoms with Crippen LogP contribution < -0.4 is 10.6 Å². The molecule has 4 aliphatic heterocycles. The Kier molecular flexibility index (Phi) is 20.3. The van der Waals surface area contributed by atoms with Crippen molar-refractivity contribution < 1.29 is 37.5 Å². The third kappa shape index (κ3) is 16.2. The van der Waals surface area contributed by atoms with Gasteiger partial charge in [-0.05, 0) is 213 Å². The first-order valence-electron chi connectivity index (χ1n) is 32.3. The maximum atomic E-state index is 13.9. The van der Waals surface area contributed by atoms with Crippen LogP contribution in [0.4, 0.5) is 21.0 Å². The topological polar surface area (TPSA) is 197 Å². The lowest BCUT2D eigenvalue weighted by Crippen LogP contribution is -2.50. The summed E-state index contributed by atoms with van der Waals surface area (Å²) in [7, 11) is -4.44. The Morgan fingerprint density at radius 3 is 1.19 bits per heavy atom. The van der Waals surface area contributed by atoms with E-state index in [0.29, 0.717) is 12.8 Å². The lowest BCUT2D eigenvalue weighted by atomic mass is 10.0. The SMILES string of the molecule is CC(C)(C)OC(=O)N1[C@H](Cc2ccc(NC(=O)[C@@H]3CCc4ccnn43)cc2)CC[C@@H]1[C@H](O[Si](C)(C)C(C)(C)C)c1cccnc1.CC(C)(C)OC(=O)N1[C@H](Cc2ccc(NC(=O)[C@H]3CCc4ccnn43)cc2)CC[C@@H]1[C@H](O[Si](C)(C)C(C)(C)C)c1cccnc1. The molecule has 8 atom stereocenters. The van der Waals surface area contributed by atoms with Crippen molar-refractivity contribution in [1.29, 1.82) is 0 Å². The Balaban J connectivity index is 0.000000213. The first-order valence-corrected chi connectivity index (χ1v) is 38.1. The van der Waals surface area contributed by atoms with Gasteiger partial charge in [-0.3, -0.25) is 38.7 Å². The Bertz CT molecular complexity index is 3180. The molecular weight excluding hydrogens is 1170 g/mol. The summed E-state index contributed by atoms with van der Waals surface area (Å²) in [4.78, 5) is 66.6. The van der Waals surface area contributed by atoms with Gasteiger partial charge >= 0.3 is 12.2 Å². The number of hydrogen-bond acceptors (Lipinski definition) is 12. The number of hydrogen-bond donors (Lipinski definition) is 2. The van der Waals surface area contributed by atoms with Crippen molar-refractivity contribution in [1.82, 2.24) is 39.3 Å². The van der Waals surface area contributed by atoms with Gasteiger partial charge in [0.05, 0.1) is 24.3 Å². The third-order valence-corrected chi connectivity index (χ3v) is 27.8. The molecule has 8 heterocycles. The van der Waals surface area contributed by atoms with E-state index in [1.54, 1.807) is 24.8 Å². The van der Waals surface area contributed by atoms with E-state index in [0.717, 1.165) is 96.4 Å². The predicted octanol–water partition coefficient (Wildman–Crippen LogP) is 15.0. The Hall–Kier alpha value is -7.01. The van der Waals surface area contributed by atoms with E-state index in [9.17, 15) is 19.2 Å². The minimum Gasteiger partial charge on any atom is -0.444 e. The van der Waals surface area contributed by atoms with Crippen molar-refractivity contribution in [3.63, 3.8) is 0 Å². The molecule has 0 unspecified atom stereocenters. The number of amides is 4. The Labute approximate surface area is 535 Å². The highest BCUT2D eigenvalue weighted by Gasteiger charge is 2.50. The largest absolute Gasteiger partial charge is 0.444 e. The number of carbonyl (C=O) groups is 4. The standard InChI is InChI=1S/2C35H49N5O4Si/c2*1-34(2,3)43-33(42)39-28(16-17-29(39)31(25-10-9-20-36-23-25)44-45(7,8)35(4,5)6)22-24-11-13-26(14-12-24)38-32(41)30-18-15-27-19-21-37-40(27)30/h2*9-14,19-21,23,28-31H,15-18,22H2,1-8H3,(H,38,41)/t28-,29+,30+,31+;28-,29+,30-,31+/m00/s1. The van der Waals surface area contributed by atoms with Crippen LogP contribution in [-0.2, 0) is 53.6 Å². The maximum absolute atomic E-state index is 13.9. The van der Waals surface area contributed by atoms with Crippen LogP contribution in [0.1, 0.15) is 180 Å². The molecule has 90 heavy (non-hydrogen) atoms. The molecule has 18 nitrogen and oxygen atoms in total. The number of nitrogens with one attached hydrogen (secondary N) is 2. The molecule has 0 saturated carbocycles. The Morgan fingerprint density at radius 2 is 0.867 bits per heavy atom. The number of anilines is 2. The first-order chi connectivity index (χ1) is 42.3. The molecule has 10 rings (SSSR count). The van der Waals surface area contributed by atoms with E-state index in [-0.39, 0.29) is 82.5 Å². The van der Waals surface area contributed by atoms with E-state index in [1.807, 2.05) is 146 Å². The van der Waals surface area contributed by atoms with Crippen LogP contribution in [0.5, 0.6) is 0 Å². The van der Waals surface area contributed by atoms with E-state index < -0.39 is 27.8 Å². The van der Waals surface area contributed by atoms with Gasteiger partial charge in [0.1, 0.15) is 23.3 Å². The second kappa shape index (κ2) is 27.1. The maximum Gasteiger partial charge on any atom is 0.410 e. The molecule has 2 N–H and O–H groups in total. The molecule has 4 aromatic heterocycles. The summed E-state index contributed by atoms with van der Waals surface area (Å²) in [6.45, 7) is 33.8. The average Bonchev–Trinajstić information content (AvgIpc) is 1.53. The van der Waals surface area contributed by atoms with Gasteiger partial charge in [0.25, 0.3) is 0 Å². The molecule has 20 heteroatoms. The number of aromatic nitrogens is 6. The van der Waals surface area contributed by atoms with Crippen LogP contribution in [0, 0.1) is 0 Å². The lowest BCUT2D eigenvalue weighted by Gasteiger charge is -2.43. The lowest BCUT2D eigenvalue weighted by molar-refractivity contribution is -0.120. The van der Waals surface area contributed by atoms with Gasteiger partial charge in [-0.1, -0.05) is 77.9 Å². The van der Waals surface area contributed by atoms with Gasteiger partial charge in [0.2, 0.25) is 11.8 Å². The highest BCUT2D eigenvalue weighted by atomic mass is 28.4. The van der Waals surface area contributed by atoms with Crippen molar-refractivity contribution in [2.24, 2.45) is 0 Å². The number of pyridine rings is 2. The average molecular weight is 1260 g/mol. The minimum absolute atomic E-state index is 0.00216. The van der Waals surface area contributed by atoms with Crippen molar-refractivity contribution in [2.45, 2.75) is 243 Å². The van der Waals surface area contributed by atoms with Gasteiger partial charge in [-0.15, -0.1) is 0 Å². The number of benzene rings is 2. The molecule has 2 aromatic carbocycles. The number of carbonyl (C=O) groups excluding carboxylic acids is 4. The fourth-order valence-electron chi connectivity index (χ4n) is 12.2. The van der Waals surface area contributed by atoms with Crippen molar-refractivity contribution in [3.8, 4) is 0 Å². The summed E-state index contributed by atoms with van der Waals surface area (Å²) in [5.74, 6) is -0.105. The third-order valence-electron chi connectivity index (χ3n) is 18.9. The molecule has 2 saturated heterocycles. The predicted molar refractivity (Wildman–Crippen MR) is 357 cm³/mol. The number of nitrogens with zero attached hydrogens (tertiary/aromatic N) is 8. The van der Waals surface area contributed by atoms with Crippen LogP contribution >= 0.6 is 0 Å². The number of ether oxygens (including phenoxy) is 2. The van der Waals surface area contributed by atoms with Gasteiger partial charge in [0.15, 0.2) is 16.6 Å². The number of likely N-dealkylation sites (tertiary alicyclic amines) is 2. The molecule has 4 aliphatic rings. The smallest absolute Gasteiger partial charge is 0.410 e. The molecule has 0 aliphatic carbocycles. The molecular formula is C70H98N10O8Si2. The van der Waals surface area contributed by atoms with Crippen LogP contribution in [-0.4, -0.2) is 115 Å². The quantitative estimate of drug-likeness (QED) is 0.0871. The van der Waals surface area contributed by atoms with E-state index in [1.165, 1.54) is 0 Å². The normalized spacial score (nSPS) is 21.0. The molecule has 484 valence electrons. The van der Waals surface area contributed by atoms with Gasteiger partial charge in [-0.2, -0.15) is 10.2 Å². The summed E-state index contributed by atoms with van der Waals surface area (Å²) in [5.41, 5.74) is 6.55. The molecule has 6 aromatic rings. The zero-order valence-corrected chi connectivity index (χ0v) is 58.1. The summed E-state index contributed by atoms with van der Waals surface area (Å²) < 4.78 is 29.8. The summed E-state index contributed by atoms with van der Waals surface area (Å²) in [5, 5.41) is 14.8. The van der Waals surface area contributed by atoms with E-state index >= 15 is 0 Å². The summed E-state index contributed by atoms with van der Waals surface area (Å²) in [6, 6.07) is 26.7. The second-order valence-electron chi connectivity index (χ2n) is 30.0. The monoisotopic (exact) mass is 1260 g/mol. The summed E-state index contributed by atoms with van der Waals surface area (Å²) >= 11 is 0. The second-order valence-corrected chi connectivity index (χ2v) is 39.5. The molecule has 0 spiro atoms. The zero-order chi connectivity index (χ0) is 65.1. The van der Waals surface area contributed by atoms with Crippen LogP contribution in [0.25, 0.3) is 0 Å². The van der Waals surface area contributed by atoms with E-state index in [2.05, 4.69) is 111 Å². The Morgan fingerprint density at radius 1 is 0.500 bits per heavy atom. The van der Waals surface area contributed by atoms with Crippen LogP contribution in [0.3, 0.4) is 0 Å². The molecule has 2 fully saturated rings. The van der Waals surface area contributed by atoms with Crippen molar-refractivity contribution in [2.75, 3.05) is 10.6 Å². The molecule has 4 amide bonds. The molecule has 0 bridgehead atoms. The van der Waals surface area contributed by atoms with Gasteiger partial charge < -0.3 is 29.0 Å².